The van der Waals surface area contributed by atoms with Crippen LogP contribution in [0.5, 0.6) is 0 Å². The highest BCUT2D eigenvalue weighted by Gasteiger charge is 2.06. The highest BCUT2D eigenvalue weighted by Crippen LogP contribution is 2.12. The molecule has 0 fully saturated rings. The molecule has 1 heterocycles. The first-order valence-corrected chi connectivity index (χ1v) is 5.71. The molecule has 1 unspecified atom stereocenters. The number of aromatic amines is 1. The van der Waals surface area contributed by atoms with Gasteiger partial charge in [-0.1, -0.05) is 11.8 Å². The summed E-state index contributed by atoms with van der Waals surface area (Å²) in [5.41, 5.74) is -0.143. The molecule has 0 spiro atoms. The van der Waals surface area contributed by atoms with Crippen molar-refractivity contribution in [1.82, 2.24) is 15.3 Å². The first kappa shape index (κ1) is 12.2. The SMILES string of the molecule is CNC(CCO)CSc1nccc(=O)[nH]1. The van der Waals surface area contributed by atoms with E-state index >= 15 is 0 Å². The molecule has 1 aromatic heterocycles. The summed E-state index contributed by atoms with van der Waals surface area (Å²) in [5.74, 6) is 0.768. The van der Waals surface area contributed by atoms with Gasteiger partial charge in [0.1, 0.15) is 0 Å². The Morgan fingerprint density at radius 1 is 1.73 bits per heavy atom. The minimum absolute atomic E-state index is 0.143. The van der Waals surface area contributed by atoms with Crippen molar-refractivity contribution in [3.05, 3.63) is 22.6 Å². The Morgan fingerprint density at radius 3 is 3.13 bits per heavy atom. The predicted octanol–water partition coefficient (Wildman–Crippen LogP) is -0.168. The van der Waals surface area contributed by atoms with Crippen LogP contribution in [0.3, 0.4) is 0 Å². The lowest BCUT2D eigenvalue weighted by molar-refractivity contribution is 0.273. The van der Waals surface area contributed by atoms with E-state index in [0.717, 1.165) is 5.75 Å². The van der Waals surface area contributed by atoms with Crippen molar-refractivity contribution >= 4 is 11.8 Å². The molecule has 0 saturated heterocycles. The zero-order chi connectivity index (χ0) is 11.1. The van der Waals surface area contributed by atoms with Gasteiger partial charge >= 0.3 is 0 Å². The van der Waals surface area contributed by atoms with E-state index in [9.17, 15) is 4.79 Å². The van der Waals surface area contributed by atoms with Crippen LogP contribution < -0.4 is 10.9 Å². The Bertz CT molecular complexity index is 342. The molecule has 1 rings (SSSR count). The molecular formula is C9H15N3O2S. The molecule has 0 bridgehead atoms. The van der Waals surface area contributed by atoms with Gasteiger partial charge in [0.15, 0.2) is 5.16 Å². The van der Waals surface area contributed by atoms with Gasteiger partial charge in [-0.15, -0.1) is 0 Å². The number of rotatable bonds is 6. The second-order valence-electron chi connectivity index (χ2n) is 3.05. The summed E-state index contributed by atoms with van der Waals surface area (Å²) in [6.07, 6.45) is 2.18. The fourth-order valence-corrected chi connectivity index (χ4v) is 2.07. The molecule has 1 atom stereocenters. The minimum Gasteiger partial charge on any atom is -0.396 e. The summed E-state index contributed by atoms with van der Waals surface area (Å²) in [5, 5.41) is 12.5. The standard InChI is InChI=1S/C9H15N3O2S/c1-10-7(3-5-13)6-15-9-11-4-2-8(14)12-9/h2,4,7,10,13H,3,5-6H2,1H3,(H,11,12,14). The van der Waals surface area contributed by atoms with Gasteiger partial charge in [-0.2, -0.15) is 0 Å². The molecule has 0 radical (unpaired) electrons. The van der Waals surface area contributed by atoms with Gasteiger partial charge in [-0.25, -0.2) is 4.98 Å². The topological polar surface area (TPSA) is 78.0 Å². The number of H-pyrrole nitrogens is 1. The summed E-state index contributed by atoms with van der Waals surface area (Å²) >= 11 is 1.47. The third kappa shape index (κ3) is 4.46. The fraction of sp³-hybridized carbons (Fsp3) is 0.556. The third-order valence-corrected chi connectivity index (χ3v) is 3.00. The van der Waals surface area contributed by atoms with E-state index < -0.39 is 0 Å². The van der Waals surface area contributed by atoms with Gasteiger partial charge in [0, 0.05) is 30.7 Å². The molecule has 3 N–H and O–H groups in total. The lowest BCUT2D eigenvalue weighted by Crippen LogP contribution is -2.28. The summed E-state index contributed by atoms with van der Waals surface area (Å²) in [6.45, 7) is 0.158. The summed E-state index contributed by atoms with van der Waals surface area (Å²) in [7, 11) is 1.85. The van der Waals surface area contributed by atoms with Crippen molar-refractivity contribution < 1.29 is 5.11 Å². The van der Waals surface area contributed by atoms with E-state index in [0.29, 0.717) is 11.6 Å². The first-order valence-electron chi connectivity index (χ1n) is 4.72. The predicted molar refractivity (Wildman–Crippen MR) is 60.1 cm³/mol. The average Bonchev–Trinajstić information content (AvgIpc) is 2.24. The molecule has 0 aliphatic carbocycles. The van der Waals surface area contributed by atoms with Crippen LogP contribution in [0.1, 0.15) is 6.42 Å². The van der Waals surface area contributed by atoms with Crippen LogP contribution in [0, 0.1) is 0 Å². The van der Waals surface area contributed by atoms with E-state index in [2.05, 4.69) is 15.3 Å². The van der Waals surface area contributed by atoms with Crippen molar-refractivity contribution in [2.75, 3.05) is 19.4 Å². The van der Waals surface area contributed by atoms with Gasteiger partial charge in [-0.05, 0) is 13.5 Å². The van der Waals surface area contributed by atoms with Gasteiger partial charge in [0.25, 0.3) is 5.56 Å². The van der Waals surface area contributed by atoms with Crippen molar-refractivity contribution in [2.45, 2.75) is 17.6 Å². The van der Waals surface area contributed by atoms with Gasteiger partial charge in [-0.3, -0.25) is 4.79 Å². The van der Waals surface area contributed by atoms with Crippen LogP contribution >= 0.6 is 11.8 Å². The van der Waals surface area contributed by atoms with Gasteiger partial charge in [0.2, 0.25) is 0 Å². The lowest BCUT2D eigenvalue weighted by Gasteiger charge is -2.13. The van der Waals surface area contributed by atoms with E-state index in [1.807, 2.05) is 7.05 Å². The maximum absolute atomic E-state index is 11.0. The van der Waals surface area contributed by atoms with Crippen molar-refractivity contribution in [3.8, 4) is 0 Å². The second-order valence-corrected chi connectivity index (χ2v) is 4.06. The zero-order valence-electron chi connectivity index (χ0n) is 8.56. The van der Waals surface area contributed by atoms with Crippen LogP contribution in [-0.4, -0.2) is 40.5 Å². The largest absolute Gasteiger partial charge is 0.396 e. The van der Waals surface area contributed by atoms with Crippen LogP contribution in [0.4, 0.5) is 0 Å². The van der Waals surface area contributed by atoms with Gasteiger partial charge in [0.05, 0.1) is 0 Å². The van der Waals surface area contributed by atoms with Crippen LogP contribution in [0.2, 0.25) is 0 Å². The molecule has 84 valence electrons. The van der Waals surface area contributed by atoms with E-state index in [1.165, 1.54) is 24.0 Å². The number of aromatic nitrogens is 2. The number of aliphatic hydroxyl groups excluding tert-OH is 1. The molecule has 0 aromatic carbocycles. The van der Waals surface area contributed by atoms with Crippen LogP contribution in [0.25, 0.3) is 0 Å². The fourth-order valence-electron chi connectivity index (χ4n) is 1.07. The van der Waals surface area contributed by atoms with Crippen LogP contribution in [0.15, 0.2) is 22.2 Å². The Labute approximate surface area is 92.3 Å². The quantitative estimate of drug-likeness (QED) is 0.466. The number of thioether (sulfide) groups is 1. The number of hydrogen-bond acceptors (Lipinski definition) is 5. The van der Waals surface area contributed by atoms with E-state index in [-0.39, 0.29) is 18.2 Å². The molecule has 0 aliphatic rings. The highest BCUT2D eigenvalue weighted by atomic mass is 32.2. The Morgan fingerprint density at radius 2 is 2.53 bits per heavy atom. The Kier molecular flexibility index (Phi) is 5.38. The third-order valence-electron chi connectivity index (χ3n) is 1.95. The maximum atomic E-state index is 11.0. The summed E-state index contributed by atoms with van der Waals surface area (Å²) < 4.78 is 0. The monoisotopic (exact) mass is 229 g/mol. The normalized spacial score (nSPS) is 12.7. The zero-order valence-corrected chi connectivity index (χ0v) is 9.38. The Balaban J connectivity index is 2.45. The number of aliphatic hydroxyl groups is 1. The highest BCUT2D eigenvalue weighted by molar-refractivity contribution is 7.99. The minimum atomic E-state index is -0.143. The number of nitrogens with one attached hydrogen (secondary N) is 2. The van der Waals surface area contributed by atoms with E-state index in [1.54, 1.807) is 0 Å². The lowest BCUT2D eigenvalue weighted by atomic mass is 10.2. The number of hydrogen-bond donors (Lipinski definition) is 3. The van der Waals surface area contributed by atoms with E-state index in [4.69, 9.17) is 5.11 Å². The molecule has 0 aliphatic heterocycles. The molecule has 0 saturated carbocycles. The summed E-state index contributed by atoms with van der Waals surface area (Å²) in [6, 6.07) is 1.61. The second kappa shape index (κ2) is 6.60. The molecule has 15 heavy (non-hydrogen) atoms. The molecule has 5 nitrogen and oxygen atoms in total. The Hall–Kier alpha value is -0.850. The first-order chi connectivity index (χ1) is 7.26. The van der Waals surface area contributed by atoms with Gasteiger partial charge < -0.3 is 15.4 Å². The molecule has 6 heteroatoms. The summed E-state index contributed by atoms with van der Waals surface area (Å²) in [4.78, 5) is 17.6. The molecule has 1 aromatic rings. The molecular weight excluding hydrogens is 214 g/mol. The van der Waals surface area contributed by atoms with Crippen molar-refractivity contribution in [1.29, 1.82) is 0 Å². The average molecular weight is 229 g/mol. The smallest absolute Gasteiger partial charge is 0.251 e. The number of nitrogens with zero attached hydrogens (tertiary/aromatic N) is 1. The molecule has 0 amide bonds. The maximum Gasteiger partial charge on any atom is 0.251 e. The van der Waals surface area contributed by atoms with Crippen molar-refractivity contribution in [3.63, 3.8) is 0 Å². The van der Waals surface area contributed by atoms with Crippen LogP contribution in [-0.2, 0) is 0 Å². The van der Waals surface area contributed by atoms with Crippen molar-refractivity contribution in [2.24, 2.45) is 0 Å².